The van der Waals surface area contributed by atoms with Crippen molar-refractivity contribution in [1.82, 2.24) is 9.97 Å². The minimum Gasteiger partial charge on any atom is -0.342 e. The van der Waals surface area contributed by atoms with E-state index in [0.717, 1.165) is 17.9 Å². The van der Waals surface area contributed by atoms with Crippen LogP contribution >= 0.6 is 0 Å². The summed E-state index contributed by atoms with van der Waals surface area (Å²) in [6.07, 6.45) is 2.83. The summed E-state index contributed by atoms with van der Waals surface area (Å²) in [6.45, 7) is 9.27. The van der Waals surface area contributed by atoms with Crippen LogP contribution in [-0.4, -0.2) is 16.5 Å². The molecule has 0 saturated carbocycles. The molecule has 2 aromatic rings. The Morgan fingerprint density at radius 1 is 1.16 bits per heavy atom. The molecule has 1 aromatic heterocycles. The Morgan fingerprint density at radius 3 is 2.53 bits per heavy atom. The van der Waals surface area contributed by atoms with Crippen LogP contribution in [-0.2, 0) is 6.42 Å². The standard InChI is InChI=1S/C16H23N3/c1-10(8-17)5-16-18-9-15(19-16)14-7-12(3)11(2)6-13(14)4/h6-7,9-10H,5,8,17H2,1-4H3,(H,18,19). The third kappa shape index (κ3) is 3.04. The highest BCUT2D eigenvalue weighted by Gasteiger charge is 2.09. The maximum atomic E-state index is 5.66. The van der Waals surface area contributed by atoms with Gasteiger partial charge in [-0.2, -0.15) is 0 Å². The fraction of sp³-hybridized carbons (Fsp3) is 0.438. The first-order valence-corrected chi connectivity index (χ1v) is 6.83. The van der Waals surface area contributed by atoms with Gasteiger partial charge in [0, 0.05) is 12.0 Å². The first kappa shape index (κ1) is 13.8. The molecule has 0 aliphatic carbocycles. The molecular weight excluding hydrogens is 234 g/mol. The van der Waals surface area contributed by atoms with Crippen molar-refractivity contribution >= 4 is 0 Å². The number of aromatic nitrogens is 2. The number of H-pyrrole nitrogens is 1. The van der Waals surface area contributed by atoms with Crippen molar-refractivity contribution in [3.8, 4) is 11.3 Å². The van der Waals surface area contributed by atoms with Crippen molar-refractivity contribution in [2.75, 3.05) is 6.54 Å². The molecule has 3 heteroatoms. The summed E-state index contributed by atoms with van der Waals surface area (Å²) in [5, 5.41) is 0. The number of hydrogen-bond acceptors (Lipinski definition) is 2. The van der Waals surface area contributed by atoms with Gasteiger partial charge in [0.15, 0.2) is 0 Å². The van der Waals surface area contributed by atoms with Crippen LogP contribution in [0.4, 0.5) is 0 Å². The van der Waals surface area contributed by atoms with Crippen molar-refractivity contribution < 1.29 is 0 Å². The van der Waals surface area contributed by atoms with Crippen LogP contribution in [0.3, 0.4) is 0 Å². The normalized spacial score (nSPS) is 12.7. The molecule has 3 N–H and O–H groups in total. The fourth-order valence-corrected chi connectivity index (χ4v) is 2.27. The molecule has 19 heavy (non-hydrogen) atoms. The van der Waals surface area contributed by atoms with Gasteiger partial charge in [-0.3, -0.25) is 0 Å². The molecule has 0 bridgehead atoms. The van der Waals surface area contributed by atoms with E-state index in [-0.39, 0.29) is 0 Å². The summed E-state index contributed by atoms with van der Waals surface area (Å²) in [5.74, 6) is 1.48. The van der Waals surface area contributed by atoms with Crippen molar-refractivity contribution in [3.05, 3.63) is 40.8 Å². The van der Waals surface area contributed by atoms with Gasteiger partial charge in [-0.05, 0) is 56.0 Å². The lowest BCUT2D eigenvalue weighted by atomic mass is 9.99. The number of aryl methyl sites for hydroxylation is 3. The maximum Gasteiger partial charge on any atom is 0.106 e. The van der Waals surface area contributed by atoms with Gasteiger partial charge in [0.2, 0.25) is 0 Å². The van der Waals surface area contributed by atoms with Gasteiger partial charge in [-0.15, -0.1) is 0 Å². The van der Waals surface area contributed by atoms with Gasteiger partial charge in [-0.25, -0.2) is 4.98 Å². The third-order valence-electron chi connectivity index (χ3n) is 3.70. The Kier molecular flexibility index (Phi) is 4.05. The van der Waals surface area contributed by atoms with E-state index in [1.165, 1.54) is 22.3 Å². The second-order valence-electron chi connectivity index (χ2n) is 5.54. The van der Waals surface area contributed by atoms with E-state index in [1.54, 1.807) is 0 Å². The Hall–Kier alpha value is -1.61. The predicted molar refractivity (Wildman–Crippen MR) is 80.2 cm³/mol. The molecule has 0 aliphatic heterocycles. The van der Waals surface area contributed by atoms with E-state index in [0.29, 0.717) is 12.5 Å². The van der Waals surface area contributed by atoms with Gasteiger partial charge in [0.25, 0.3) is 0 Å². The molecule has 1 atom stereocenters. The third-order valence-corrected chi connectivity index (χ3v) is 3.70. The molecule has 0 fully saturated rings. The van der Waals surface area contributed by atoms with Crippen LogP contribution in [0.5, 0.6) is 0 Å². The summed E-state index contributed by atoms with van der Waals surface area (Å²) >= 11 is 0. The highest BCUT2D eigenvalue weighted by atomic mass is 14.9. The number of imidazole rings is 1. The lowest BCUT2D eigenvalue weighted by Crippen LogP contribution is -2.13. The molecule has 1 unspecified atom stereocenters. The fourth-order valence-electron chi connectivity index (χ4n) is 2.27. The Bertz CT molecular complexity index is 569. The van der Waals surface area contributed by atoms with Crippen LogP contribution in [0.1, 0.15) is 29.4 Å². The molecule has 2 rings (SSSR count). The molecule has 0 radical (unpaired) electrons. The average molecular weight is 257 g/mol. The first-order chi connectivity index (χ1) is 9.01. The van der Waals surface area contributed by atoms with E-state index in [1.807, 2.05) is 6.20 Å². The molecule has 3 nitrogen and oxygen atoms in total. The van der Waals surface area contributed by atoms with E-state index < -0.39 is 0 Å². The number of nitrogens with zero attached hydrogens (tertiary/aromatic N) is 1. The van der Waals surface area contributed by atoms with Gasteiger partial charge in [0.05, 0.1) is 11.9 Å². The zero-order valence-electron chi connectivity index (χ0n) is 12.2. The van der Waals surface area contributed by atoms with Crippen LogP contribution in [0.15, 0.2) is 18.3 Å². The van der Waals surface area contributed by atoms with Crippen LogP contribution in [0.2, 0.25) is 0 Å². The second-order valence-corrected chi connectivity index (χ2v) is 5.54. The van der Waals surface area contributed by atoms with E-state index in [2.05, 4.69) is 49.8 Å². The maximum absolute atomic E-state index is 5.66. The topological polar surface area (TPSA) is 54.7 Å². The minimum absolute atomic E-state index is 0.458. The monoisotopic (exact) mass is 257 g/mol. The molecule has 1 aromatic carbocycles. The van der Waals surface area contributed by atoms with Crippen molar-refractivity contribution in [1.29, 1.82) is 0 Å². The number of nitrogens with one attached hydrogen (secondary N) is 1. The molecular formula is C16H23N3. The van der Waals surface area contributed by atoms with Gasteiger partial charge in [-0.1, -0.05) is 13.0 Å². The molecule has 102 valence electrons. The lowest BCUT2D eigenvalue weighted by molar-refractivity contribution is 0.577. The first-order valence-electron chi connectivity index (χ1n) is 6.83. The van der Waals surface area contributed by atoms with Crippen LogP contribution < -0.4 is 5.73 Å². The van der Waals surface area contributed by atoms with Gasteiger partial charge < -0.3 is 10.7 Å². The second kappa shape index (κ2) is 5.57. The average Bonchev–Trinajstić information content (AvgIpc) is 2.82. The summed E-state index contributed by atoms with van der Waals surface area (Å²) < 4.78 is 0. The number of benzene rings is 1. The molecule has 0 aliphatic rings. The predicted octanol–water partition coefficient (Wildman–Crippen LogP) is 3.14. The summed E-state index contributed by atoms with van der Waals surface area (Å²) in [7, 11) is 0. The highest BCUT2D eigenvalue weighted by Crippen LogP contribution is 2.25. The quantitative estimate of drug-likeness (QED) is 0.884. The zero-order valence-corrected chi connectivity index (χ0v) is 12.2. The summed E-state index contributed by atoms with van der Waals surface area (Å²) in [6, 6.07) is 4.46. The number of hydrogen-bond donors (Lipinski definition) is 2. The molecule has 0 amide bonds. The van der Waals surface area contributed by atoms with E-state index in [9.17, 15) is 0 Å². The largest absolute Gasteiger partial charge is 0.342 e. The lowest BCUT2D eigenvalue weighted by Gasteiger charge is -2.08. The van der Waals surface area contributed by atoms with Crippen LogP contribution in [0, 0.1) is 26.7 Å². The summed E-state index contributed by atoms with van der Waals surface area (Å²) in [5.41, 5.74) is 11.9. The van der Waals surface area contributed by atoms with Gasteiger partial charge >= 0.3 is 0 Å². The Balaban J connectivity index is 2.30. The molecule has 0 spiro atoms. The van der Waals surface area contributed by atoms with Crippen molar-refractivity contribution in [2.24, 2.45) is 11.7 Å². The Morgan fingerprint density at radius 2 is 1.84 bits per heavy atom. The summed E-state index contributed by atoms with van der Waals surface area (Å²) in [4.78, 5) is 7.88. The van der Waals surface area contributed by atoms with Crippen LogP contribution in [0.25, 0.3) is 11.3 Å². The zero-order chi connectivity index (χ0) is 14.0. The van der Waals surface area contributed by atoms with E-state index >= 15 is 0 Å². The number of rotatable bonds is 4. The molecule has 0 saturated heterocycles. The minimum atomic E-state index is 0.458. The van der Waals surface area contributed by atoms with Gasteiger partial charge in [0.1, 0.15) is 5.82 Å². The van der Waals surface area contributed by atoms with Crippen molar-refractivity contribution in [2.45, 2.75) is 34.1 Å². The SMILES string of the molecule is Cc1cc(C)c(-c2cnc(CC(C)CN)[nH]2)cc1C. The highest BCUT2D eigenvalue weighted by molar-refractivity contribution is 5.65. The smallest absolute Gasteiger partial charge is 0.106 e. The molecule has 1 heterocycles. The number of aromatic amines is 1. The van der Waals surface area contributed by atoms with Crippen molar-refractivity contribution in [3.63, 3.8) is 0 Å². The van der Waals surface area contributed by atoms with E-state index in [4.69, 9.17) is 5.73 Å². The number of nitrogens with two attached hydrogens (primary N) is 1. The Labute approximate surface area is 115 Å².